The summed E-state index contributed by atoms with van der Waals surface area (Å²) in [6, 6.07) is 16.6. The van der Waals surface area contributed by atoms with Gasteiger partial charge in [0.15, 0.2) is 0 Å². The van der Waals surface area contributed by atoms with Gasteiger partial charge in [0.2, 0.25) is 0 Å². The molecular weight excluding hydrogens is 326 g/mol. The van der Waals surface area contributed by atoms with Crippen LogP contribution < -0.4 is 10.6 Å². The van der Waals surface area contributed by atoms with Gasteiger partial charge >= 0.3 is 0 Å². The molecular formula is C21H19N3O2. The summed E-state index contributed by atoms with van der Waals surface area (Å²) < 4.78 is 0. The molecule has 1 aliphatic carbocycles. The van der Waals surface area contributed by atoms with E-state index in [4.69, 9.17) is 0 Å². The fourth-order valence-electron chi connectivity index (χ4n) is 2.97. The van der Waals surface area contributed by atoms with E-state index in [0.717, 1.165) is 29.4 Å². The number of nitrogens with one attached hydrogen (secondary N) is 2. The number of aryl methyl sites for hydroxylation is 1. The summed E-state index contributed by atoms with van der Waals surface area (Å²) in [7, 11) is 0. The van der Waals surface area contributed by atoms with Gasteiger partial charge in [-0.3, -0.25) is 14.6 Å². The highest BCUT2D eigenvalue weighted by Crippen LogP contribution is 2.23. The highest BCUT2D eigenvalue weighted by atomic mass is 16.2. The van der Waals surface area contributed by atoms with Crippen molar-refractivity contribution in [2.75, 3.05) is 5.32 Å². The Labute approximate surface area is 151 Å². The predicted molar refractivity (Wildman–Crippen MR) is 101 cm³/mol. The zero-order valence-electron chi connectivity index (χ0n) is 14.5. The lowest BCUT2D eigenvalue weighted by Gasteiger charge is -2.12. The molecule has 0 unspecified atom stereocenters. The maximum atomic E-state index is 12.9. The number of benzene rings is 2. The molecule has 1 saturated carbocycles. The molecule has 2 amide bonds. The molecule has 26 heavy (non-hydrogen) atoms. The van der Waals surface area contributed by atoms with Crippen LogP contribution in [0.2, 0.25) is 0 Å². The SMILES string of the molecule is Cc1cc(C(=O)Nc2ccccc2C(=O)NC2CC2)c2ccccc2n1. The molecule has 4 rings (SSSR count). The van der Waals surface area contributed by atoms with Crippen LogP contribution in [-0.2, 0) is 0 Å². The molecule has 0 saturated heterocycles. The zero-order chi connectivity index (χ0) is 18.1. The first-order chi connectivity index (χ1) is 12.6. The van der Waals surface area contributed by atoms with Gasteiger partial charge in [-0.2, -0.15) is 0 Å². The van der Waals surface area contributed by atoms with E-state index in [1.807, 2.05) is 31.2 Å². The molecule has 1 heterocycles. The second-order valence-corrected chi connectivity index (χ2v) is 6.58. The minimum absolute atomic E-state index is 0.154. The van der Waals surface area contributed by atoms with Gasteiger partial charge in [-0.1, -0.05) is 30.3 Å². The topological polar surface area (TPSA) is 71.1 Å². The van der Waals surface area contributed by atoms with Crippen LogP contribution in [0.25, 0.3) is 10.9 Å². The number of hydrogen-bond acceptors (Lipinski definition) is 3. The number of aromatic nitrogens is 1. The van der Waals surface area contributed by atoms with Gasteiger partial charge in [0.05, 0.1) is 22.3 Å². The van der Waals surface area contributed by atoms with Crippen LogP contribution in [0.3, 0.4) is 0 Å². The van der Waals surface area contributed by atoms with Gasteiger partial charge in [-0.15, -0.1) is 0 Å². The first-order valence-electron chi connectivity index (χ1n) is 8.69. The lowest BCUT2D eigenvalue weighted by atomic mass is 10.1. The molecule has 1 aliphatic rings. The number of para-hydroxylation sites is 2. The van der Waals surface area contributed by atoms with E-state index < -0.39 is 0 Å². The maximum absolute atomic E-state index is 12.9. The standard InChI is InChI=1S/C21H19N3O2/c1-13-12-17(15-6-2-4-8-18(15)22-13)21(26)24-19-9-5-3-7-16(19)20(25)23-14-10-11-14/h2-9,12,14H,10-11H2,1H3,(H,23,25)(H,24,26). The van der Waals surface area contributed by atoms with Crippen molar-refractivity contribution >= 4 is 28.4 Å². The van der Waals surface area contributed by atoms with E-state index in [0.29, 0.717) is 16.8 Å². The summed E-state index contributed by atoms with van der Waals surface area (Å²) in [5.74, 6) is -0.405. The zero-order valence-corrected chi connectivity index (χ0v) is 14.5. The highest BCUT2D eigenvalue weighted by Gasteiger charge is 2.25. The Morgan fingerprint density at radius 2 is 1.69 bits per heavy atom. The third-order valence-corrected chi connectivity index (χ3v) is 4.42. The first kappa shape index (κ1) is 16.3. The molecule has 3 aromatic rings. The number of fused-ring (bicyclic) bond motifs is 1. The normalized spacial score (nSPS) is 13.4. The minimum atomic E-state index is -0.252. The highest BCUT2D eigenvalue weighted by molar-refractivity contribution is 6.14. The van der Waals surface area contributed by atoms with E-state index in [1.54, 1.807) is 30.3 Å². The molecule has 0 atom stereocenters. The largest absolute Gasteiger partial charge is 0.349 e. The Bertz CT molecular complexity index is 1010. The second-order valence-electron chi connectivity index (χ2n) is 6.58. The third-order valence-electron chi connectivity index (χ3n) is 4.42. The summed E-state index contributed by atoms with van der Waals surface area (Å²) in [5, 5.41) is 6.64. The van der Waals surface area contributed by atoms with E-state index in [1.165, 1.54) is 0 Å². The van der Waals surface area contributed by atoms with Crippen LogP contribution >= 0.6 is 0 Å². The van der Waals surface area contributed by atoms with Gasteiger partial charge in [0, 0.05) is 17.1 Å². The third kappa shape index (κ3) is 3.28. The van der Waals surface area contributed by atoms with E-state index >= 15 is 0 Å². The quantitative estimate of drug-likeness (QED) is 0.757. The maximum Gasteiger partial charge on any atom is 0.256 e. The van der Waals surface area contributed by atoms with Gasteiger partial charge in [0.1, 0.15) is 0 Å². The molecule has 0 spiro atoms. The van der Waals surface area contributed by atoms with Crippen molar-refractivity contribution < 1.29 is 9.59 Å². The molecule has 130 valence electrons. The van der Waals surface area contributed by atoms with Gasteiger partial charge in [-0.25, -0.2) is 0 Å². The number of rotatable bonds is 4. The van der Waals surface area contributed by atoms with E-state index in [9.17, 15) is 9.59 Å². The molecule has 2 aromatic carbocycles. The van der Waals surface area contributed by atoms with Crippen molar-refractivity contribution in [1.29, 1.82) is 0 Å². The fourth-order valence-corrected chi connectivity index (χ4v) is 2.97. The van der Waals surface area contributed by atoms with Crippen LogP contribution in [-0.4, -0.2) is 22.8 Å². The molecule has 0 radical (unpaired) electrons. The Morgan fingerprint density at radius 1 is 0.962 bits per heavy atom. The average Bonchev–Trinajstić information content (AvgIpc) is 3.45. The molecule has 0 bridgehead atoms. The fraction of sp³-hybridized carbons (Fsp3) is 0.190. The molecule has 1 aromatic heterocycles. The molecule has 5 heteroatoms. The number of nitrogens with zero attached hydrogens (tertiary/aromatic N) is 1. The minimum Gasteiger partial charge on any atom is -0.349 e. The van der Waals surface area contributed by atoms with Crippen molar-refractivity contribution in [3.63, 3.8) is 0 Å². The van der Waals surface area contributed by atoms with Crippen LogP contribution in [0.15, 0.2) is 54.6 Å². The van der Waals surface area contributed by atoms with Crippen LogP contribution in [0.1, 0.15) is 39.3 Å². The predicted octanol–water partition coefficient (Wildman–Crippen LogP) is 3.69. The lowest BCUT2D eigenvalue weighted by molar-refractivity contribution is 0.0952. The van der Waals surface area contributed by atoms with Crippen molar-refractivity contribution in [2.45, 2.75) is 25.8 Å². The smallest absolute Gasteiger partial charge is 0.256 e. The van der Waals surface area contributed by atoms with Crippen LogP contribution in [0, 0.1) is 6.92 Å². The van der Waals surface area contributed by atoms with Crippen molar-refractivity contribution in [1.82, 2.24) is 10.3 Å². The van der Waals surface area contributed by atoms with Crippen molar-refractivity contribution in [3.05, 3.63) is 71.4 Å². The van der Waals surface area contributed by atoms with Gasteiger partial charge < -0.3 is 10.6 Å². The molecule has 2 N–H and O–H groups in total. The Morgan fingerprint density at radius 3 is 2.50 bits per heavy atom. The van der Waals surface area contributed by atoms with Crippen molar-refractivity contribution in [2.24, 2.45) is 0 Å². The molecule has 5 nitrogen and oxygen atoms in total. The second kappa shape index (κ2) is 6.59. The van der Waals surface area contributed by atoms with Gasteiger partial charge in [0.25, 0.3) is 11.8 Å². The van der Waals surface area contributed by atoms with Crippen molar-refractivity contribution in [3.8, 4) is 0 Å². The Hall–Kier alpha value is -3.21. The number of anilines is 1. The van der Waals surface area contributed by atoms with E-state index in [-0.39, 0.29) is 17.9 Å². The number of carbonyl (C=O) groups is 2. The van der Waals surface area contributed by atoms with E-state index in [2.05, 4.69) is 15.6 Å². The summed E-state index contributed by atoms with van der Waals surface area (Å²) in [6.45, 7) is 1.86. The average molecular weight is 345 g/mol. The van der Waals surface area contributed by atoms with Crippen LogP contribution in [0.4, 0.5) is 5.69 Å². The lowest BCUT2D eigenvalue weighted by Crippen LogP contribution is -2.27. The Balaban J connectivity index is 1.66. The van der Waals surface area contributed by atoms with Gasteiger partial charge in [-0.05, 0) is 44.0 Å². The number of carbonyl (C=O) groups excluding carboxylic acids is 2. The first-order valence-corrected chi connectivity index (χ1v) is 8.69. The molecule has 0 aliphatic heterocycles. The Kier molecular flexibility index (Phi) is 4.13. The number of pyridine rings is 1. The summed E-state index contributed by atoms with van der Waals surface area (Å²) in [6.07, 6.45) is 2.03. The summed E-state index contributed by atoms with van der Waals surface area (Å²) in [5.41, 5.74) is 3.08. The monoisotopic (exact) mass is 345 g/mol. The number of amides is 2. The summed E-state index contributed by atoms with van der Waals surface area (Å²) in [4.78, 5) is 29.8. The van der Waals surface area contributed by atoms with Crippen LogP contribution in [0.5, 0.6) is 0 Å². The molecule has 1 fully saturated rings. The number of hydrogen-bond donors (Lipinski definition) is 2. The summed E-state index contributed by atoms with van der Waals surface area (Å²) >= 11 is 0.